The van der Waals surface area contributed by atoms with Gasteiger partial charge in [0.05, 0.1) is 4.47 Å². The zero-order valence-corrected chi connectivity index (χ0v) is 13.2. The average molecular weight is 398 g/mol. The summed E-state index contributed by atoms with van der Waals surface area (Å²) in [6.07, 6.45) is 0. The summed E-state index contributed by atoms with van der Waals surface area (Å²) in [4.78, 5) is 0.827. The Hall–Kier alpha value is -0.920. The maximum atomic E-state index is 5.72. The van der Waals surface area contributed by atoms with Crippen molar-refractivity contribution in [2.75, 3.05) is 0 Å². The summed E-state index contributed by atoms with van der Waals surface area (Å²) in [5.74, 6) is 1.55. The van der Waals surface area contributed by atoms with Crippen LogP contribution in [0.15, 0.2) is 57.9 Å². The average Bonchev–Trinajstić information content (AvgIpc) is 2.24. The van der Waals surface area contributed by atoms with Crippen LogP contribution in [-0.4, -0.2) is 0 Å². The number of benzene rings is 2. The van der Waals surface area contributed by atoms with Crippen molar-refractivity contribution >= 4 is 41.0 Å². The van der Waals surface area contributed by atoms with Crippen molar-refractivity contribution in [2.24, 2.45) is 0 Å². The van der Waals surface area contributed by atoms with E-state index in [4.69, 9.17) is 4.74 Å². The second kappa shape index (κ2) is 13.1. The van der Waals surface area contributed by atoms with Crippen molar-refractivity contribution in [3.05, 3.63) is 53.0 Å². The molecule has 0 saturated heterocycles. The molecule has 1 nitrogen and oxygen atoms in total. The molecule has 2 rings (SSSR count). The van der Waals surface area contributed by atoms with Gasteiger partial charge in [-0.05, 0) is 40.2 Å². The minimum Gasteiger partial charge on any atom is -0.455 e. The van der Waals surface area contributed by atoms with E-state index in [-0.39, 0.29) is 31.2 Å². The van der Waals surface area contributed by atoms with Crippen LogP contribution in [0.25, 0.3) is 0 Å². The first kappa shape index (κ1) is 27.4. The van der Waals surface area contributed by atoms with Crippen LogP contribution in [0, 0.1) is 0 Å². The topological polar surface area (TPSA) is 9.23 Å². The van der Waals surface area contributed by atoms with Crippen LogP contribution in [0.4, 0.5) is 18.8 Å². The lowest BCUT2D eigenvalue weighted by atomic mass is 10.3. The van der Waals surface area contributed by atoms with Crippen LogP contribution in [-0.2, 0) is 0 Å². The highest BCUT2D eigenvalue weighted by atomic mass is 79.9. The van der Waals surface area contributed by atoms with Gasteiger partial charge in [0.15, 0.2) is 0 Å². The zero-order valence-electron chi connectivity index (χ0n) is 9.89. The molecule has 0 amide bonds. The molecule has 0 aliphatic carbocycles. The molecule has 0 N–H and O–H groups in total. The Morgan fingerprint density at radius 3 is 1.70 bits per heavy atom. The SMILES string of the molecule is Cl.F.F.F.F.Sc1ccccc1Oc1ccccc1Br. The predicted molar refractivity (Wildman–Crippen MR) is 85.2 cm³/mol. The first-order valence-corrected chi connectivity index (χ1v) is 5.72. The Bertz CT molecular complexity index is 447. The maximum Gasteiger partial charge on any atom is 0.141 e. The molecule has 0 atom stereocenters. The fraction of sp³-hybridized carbons (Fsp3) is 0. The van der Waals surface area contributed by atoms with Crippen LogP contribution in [0.1, 0.15) is 0 Å². The largest absolute Gasteiger partial charge is 0.455 e. The van der Waals surface area contributed by atoms with Crippen molar-refractivity contribution in [2.45, 2.75) is 4.90 Å². The van der Waals surface area contributed by atoms with E-state index in [0.29, 0.717) is 0 Å². The van der Waals surface area contributed by atoms with Gasteiger partial charge >= 0.3 is 0 Å². The molecule has 0 bridgehead atoms. The number of rotatable bonds is 2. The van der Waals surface area contributed by atoms with Crippen molar-refractivity contribution in [3.8, 4) is 11.5 Å². The van der Waals surface area contributed by atoms with E-state index in [9.17, 15) is 0 Å². The highest BCUT2D eigenvalue weighted by Gasteiger charge is 2.03. The van der Waals surface area contributed by atoms with Gasteiger partial charge in [0, 0.05) is 4.90 Å². The summed E-state index contributed by atoms with van der Waals surface area (Å²) in [6.45, 7) is 0. The first-order valence-electron chi connectivity index (χ1n) is 4.48. The highest BCUT2D eigenvalue weighted by Crippen LogP contribution is 2.32. The van der Waals surface area contributed by atoms with Gasteiger partial charge in [-0.15, -0.1) is 25.0 Å². The molecule has 0 fully saturated rings. The Labute approximate surface area is 134 Å². The normalized spacial score (nSPS) is 7.50. The lowest BCUT2D eigenvalue weighted by Crippen LogP contribution is -1.85. The highest BCUT2D eigenvalue weighted by molar-refractivity contribution is 9.10. The quantitative estimate of drug-likeness (QED) is 0.515. The third-order valence-electron chi connectivity index (χ3n) is 1.92. The van der Waals surface area contributed by atoms with E-state index >= 15 is 0 Å². The lowest BCUT2D eigenvalue weighted by molar-refractivity contribution is 0.468. The third kappa shape index (κ3) is 7.02. The number of hydrogen-bond acceptors (Lipinski definition) is 2. The molecule has 0 unspecified atom stereocenters. The van der Waals surface area contributed by atoms with Gasteiger partial charge < -0.3 is 4.74 Å². The summed E-state index contributed by atoms with van der Waals surface area (Å²) in [7, 11) is 0. The van der Waals surface area contributed by atoms with E-state index in [2.05, 4.69) is 28.6 Å². The van der Waals surface area contributed by atoms with E-state index in [0.717, 1.165) is 20.9 Å². The predicted octanol–water partition coefficient (Wildman–Crippen LogP) is 5.56. The van der Waals surface area contributed by atoms with Gasteiger partial charge in [-0.1, -0.05) is 24.3 Å². The van der Waals surface area contributed by atoms with Crippen molar-refractivity contribution < 1.29 is 23.6 Å². The standard InChI is InChI=1S/C12H9BrOS.ClH.4FH/c13-9-5-1-2-6-10(9)14-11-7-3-4-8-12(11)15;;;;;/h1-8,15H;5*1H. The van der Waals surface area contributed by atoms with Crippen molar-refractivity contribution in [3.63, 3.8) is 0 Å². The number of para-hydroxylation sites is 2. The second-order valence-electron chi connectivity index (χ2n) is 3.00. The van der Waals surface area contributed by atoms with Crippen LogP contribution in [0.2, 0.25) is 0 Å². The number of ether oxygens (including phenoxy) is 1. The molecule has 0 spiro atoms. The van der Waals surface area contributed by atoms with Crippen molar-refractivity contribution in [1.29, 1.82) is 0 Å². The Balaban J connectivity index is -0.000000256. The molecule has 0 heterocycles. The zero-order chi connectivity index (χ0) is 10.7. The fourth-order valence-corrected chi connectivity index (χ4v) is 1.76. The maximum absolute atomic E-state index is 5.72. The molecule has 0 saturated carbocycles. The van der Waals surface area contributed by atoms with Crippen LogP contribution in [0.5, 0.6) is 11.5 Å². The van der Waals surface area contributed by atoms with Gasteiger partial charge in [-0.3, -0.25) is 18.8 Å². The summed E-state index contributed by atoms with van der Waals surface area (Å²) < 4.78 is 6.65. The molecule has 2 aromatic rings. The molecule has 0 radical (unpaired) electrons. The molecule has 116 valence electrons. The van der Waals surface area contributed by atoms with Gasteiger partial charge in [0.1, 0.15) is 11.5 Å². The Morgan fingerprint density at radius 2 is 1.20 bits per heavy atom. The van der Waals surface area contributed by atoms with E-state index in [1.165, 1.54) is 0 Å². The third-order valence-corrected chi connectivity index (χ3v) is 2.95. The molecule has 8 heteroatoms. The summed E-state index contributed by atoms with van der Waals surface area (Å²) in [5.41, 5.74) is 0. The van der Waals surface area contributed by atoms with E-state index in [1.807, 2.05) is 48.5 Å². The lowest BCUT2D eigenvalue weighted by Gasteiger charge is -2.08. The van der Waals surface area contributed by atoms with Crippen LogP contribution < -0.4 is 4.74 Å². The molecular formula is C12H14BrClF4OS. The smallest absolute Gasteiger partial charge is 0.141 e. The molecule has 0 aliphatic heterocycles. The first-order chi connectivity index (χ1) is 7.27. The van der Waals surface area contributed by atoms with Gasteiger partial charge in [-0.25, -0.2) is 0 Å². The van der Waals surface area contributed by atoms with Crippen LogP contribution >= 0.6 is 41.0 Å². The van der Waals surface area contributed by atoms with Crippen molar-refractivity contribution in [1.82, 2.24) is 0 Å². The van der Waals surface area contributed by atoms with Gasteiger partial charge in [0.2, 0.25) is 0 Å². The van der Waals surface area contributed by atoms with Gasteiger partial charge in [0.25, 0.3) is 0 Å². The second-order valence-corrected chi connectivity index (χ2v) is 4.34. The summed E-state index contributed by atoms with van der Waals surface area (Å²) in [5, 5.41) is 0. The monoisotopic (exact) mass is 396 g/mol. The molecule has 2 aromatic carbocycles. The number of hydrogen-bond donors (Lipinski definition) is 1. The minimum atomic E-state index is 0. The summed E-state index contributed by atoms with van der Waals surface area (Å²) in [6, 6.07) is 15.4. The fourth-order valence-electron chi connectivity index (χ4n) is 1.19. The molecular weight excluding hydrogens is 384 g/mol. The molecule has 20 heavy (non-hydrogen) atoms. The Morgan fingerprint density at radius 1 is 0.750 bits per heavy atom. The van der Waals surface area contributed by atoms with E-state index < -0.39 is 0 Å². The number of thiol groups is 1. The van der Waals surface area contributed by atoms with Gasteiger partial charge in [-0.2, -0.15) is 0 Å². The number of halogens is 6. The molecule has 0 aromatic heterocycles. The molecule has 0 aliphatic rings. The Kier molecular flexibility index (Phi) is 17.9. The van der Waals surface area contributed by atoms with Crippen LogP contribution in [0.3, 0.4) is 0 Å². The minimum absolute atomic E-state index is 0. The summed E-state index contributed by atoms with van der Waals surface area (Å²) >= 11 is 7.75. The van der Waals surface area contributed by atoms with E-state index in [1.54, 1.807) is 0 Å².